The largest absolute Gasteiger partial charge is 0.352 e. The number of hydrogen-bond donors (Lipinski definition) is 1. The molecule has 0 saturated heterocycles. The van der Waals surface area contributed by atoms with E-state index in [1.54, 1.807) is 0 Å². The summed E-state index contributed by atoms with van der Waals surface area (Å²) in [5.41, 5.74) is 3.11. The minimum absolute atomic E-state index is 0.0416. The highest BCUT2D eigenvalue weighted by Crippen LogP contribution is 2.28. The molecule has 0 spiro atoms. The second kappa shape index (κ2) is 5.92. The van der Waals surface area contributed by atoms with Crippen LogP contribution in [-0.4, -0.2) is 17.0 Å². The first kappa shape index (κ1) is 14.1. The highest BCUT2D eigenvalue weighted by molar-refractivity contribution is 6.07. The van der Waals surface area contributed by atoms with Crippen LogP contribution >= 0.6 is 0 Å². The summed E-state index contributed by atoms with van der Waals surface area (Å²) in [6, 6.07) is 18.5. The molecule has 116 valence electrons. The summed E-state index contributed by atoms with van der Waals surface area (Å²) in [7, 11) is 0. The summed E-state index contributed by atoms with van der Waals surface area (Å²) in [6.45, 7) is 1.58. The Morgan fingerprint density at radius 3 is 2.57 bits per heavy atom. The molecule has 1 aromatic heterocycles. The molecule has 0 aliphatic heterocycles. The molecule has 0 radical (unpaired) electrons. The predicted octanol–water partition coefficient (Wildman–Crippen LogP) is 3.83. The first-order chi connectivity index (χ1) is 11.3. The van der Waals surface area contributed by atoms with Crippen molar-refractivity contribution in [3.63, 3.8) is 0 Å². The molecular weight excluding hydrogens is 284 g/mol. The standard InChI is InChI=1S/C20H20N2O/c23-20(21-12-15-10-11-15)18-14-22(13-16-6-2-1-3-7-16)19-9-5-4-8-17(18)19/h1-9,14-15H,10-13H2,(H,21,23). The maximum absolute atomic E-state index is 12.5. The fourth-order valence-electron chi connectivity index (χ4n) is 2.99. The topological polar surface area (TPSA) is 34.0 Å². The minimum atomic E-state index is 0.0416. The van der Waals surface area contributed by atoms with Gasteiger partial charge in [-0.3, -0.25) is 4.79 Å². The van der Waals surface area contributed by atoms with Crippen LogP contribution in [0, 0.1) is 5.92 Å². The Morgan fingerprint density at radius 2 is 1.78 bits per heavy atom. The van der Waals surface area contributed by atoms with Gasteiger partial charge < -0.3 is 9.88 Å². The third-order valence-electron chi connectivity index (χ3n) is 4.48. The Kier molecular flexibility index (Phi) is 3.62. The quantitative estimate of drug-likeness (QED) is 0.763. The zero-order valence-electron chi connectivity index (χ0n) is 13.0. The third-order valence-corrected chi connectivity index (χ3v) is 4.48. The second-order valence-electron chi connectivity index (χ2n) is 6.33. The summed E-state index contributed by atoms with van der Waals surface area (Å²) < 4.78 is 2.16. The normalized spacial score (nSPS) is 14.1. The maximum atomic E-state index is 12.5. The van der Waals surface area contributed by atoms with Gasteiger partial charge in [-0.1, -0.05) is 48.5 Å². The van der Waals surface area contributed by atoms with Crippen LogP contribution in [0.3, 0.4) is 0 Å². The Morgan fingerprint density at radius 1 is 1.04 bits per heavy atom. The van der Waals surface area contributed by atoms with E-state index in [9.17, 15) is 4.79 Å². The number of carbonyl (C=O) groups excluding carboxylic acids is 1. The molecule has 0 bridgehead atoms. The number of aromatic nitrogens is 1. The van der Waals surface area contributed by atoms with E-state index < -0.39 is 0 Å². The van der Waals surface area contributed by atoms with Crippen molar-refractivity contribution >= 4 is 16.8 Å². The minimum Gasteiger partial charge on any atom is -0.352 e. The molecule has 1 amide bonds. The van der Waals surface area contributed by atoms with Crippen molar-refractivity contribution in [3.8, 4) is 0 Å². The zero-order chi connectivity index (χ0) is 15.6. The number of benzene rings is 2. The summed E-state index contributed by atoms with van der Waals surface area (Å²) in [4.78, 5) is 12.5. The van der Waals surface area contributed by atoms with Crippen molar-refractivity contribution in [2.75, 3.05) is 6.54 Å². The van der Waals surface area contributed by atoms with Crippen molar-refractivity contribution in [3.05, 3.63) is 71.9 Å². The SMILES string of the molecule is O=C(NCC1CC1)c1cn(Cc2ccccc2)c2ccccc12. The van der Waals surface area contributed by atoms with Crippen molar-refractivity contribution in [2.24, 2.45) is 5.92 Å². The van der Waals surface area contributed by atoms with E-state index in [2.05, 4.69) is 28.1 Å². The Hall–Kier alpha value is -2.55. The molecule has 1 aliphatic carbocycles. The highest BCUT2D eigenvalue weighted by Gasteiger charge is 2.23. The Balaban J connectivity index is 1.66. The van der Waals surface area contributed by atoms with Crippen molar-refractivity contribution < 1.29 is 4.79 Å². The number of carbonyl (C=O) groups is 1. The number of para-hydroxylation sites is 1. The van der Waals surface area contributed by atoms with Gasteiger partial charge in [0.25, 0.3) is 5.91 Å². The highest BCUT2D eigenvalue weighted by atomic mass is 16.1. The number of nitrogens with one attached hydrogen (secondary N) is 1. The van der Waals surface area contributed by atoms with Crippen LogP contribution in [0.15, 0.2) is 60.8 Å². The lowest BCUT2D eigenvalue weighted by Crippen LogP contribution is -2.25. The molecule has 1 heterocycles. The van der Waals surface area contributed by atoms with Crippen LogP contribution < -0.4 is 5.32 Å². The van der Waals surface area contributed by atoms with Crippen LogP contribution in [-0.2, 0) is 6.54 Å². The van der Waals surface area contributed by atoms with Crippen molar-refractivity contribution in [2.45, 2.75) is 19.4 Å². The molecule has 1 N–H and O–H groups in total. The first-order valence-corrected chi connectivity index (χ1v) is 8.21. The van der Waals surface area contributed by atoms with E-state index in [1.165, 1.54) is 18.4 Å². The van der Waals surface area contributed by atoms with Gasteiger partial charge >= 0.3 is 0 Å². The second-order valence-corrected chi connectivity index (χ2v) is 6.33. The summed E-state index contributed by atoms with van der Waals surface area (Å²) >= 11 is 0. The van der Waals surface area contributed by atoms with Crippen LogP contribution in [0.1, 0.15) is 28.8 Å². The smallest absolute Gasteiger partial charge is 0.253 e. The lowest BCUT2D eigenvalue weighted by molar-refractivity contribution is 0.0953. The summed E-state index contributed by atoms with van der Waals surface area (Å²) in [5.74, 6) is 0.733. The molecule has 3 heteroatoms. The number of rotatable bonds is 5. The molecule has 0 unspecified atom stereocenters. The van der Waals surface area contributed by atoms with E-state index in [0.29, 0.717) is 5.92 Å². The number of fused-ring (bicyclic) bond motifs is 1. The van der Waals surface area contributed by atoms with Crippen LogP contribution in [0.2, 0.25) is 0 Å². The molecule has 4 rings (SSSR count). The van der Waals surface area contributed by atoms with Gasteiger partial charge in [-0.05, 0) is 30.4 Å². The summed E-state index contributed by atoms with van der Waals surface area (Å²) in [6.07, 6.45) is 4.48. The van der Waals surface area contributed by atoms with E-state index in [0.717, 1.165) is 29.6 Å². The van der Waals surface area contributed by atoms with Crippen LogP contribution in [0.25, 0.3) is 10.9 Å². The zero-order valence-corrected chi connectivity index (χ0v) is 13.0. The maximum Gasteiger partial charge on any atom is 0.253 e. The number of nitrogens with zero attached hydrogens (tertiary/aromatic N) is 1. The molecule has 3 nitrogen and oxygen atoms in total. The Labute approximate surface area is 135 Å². The van der Waals surface area contributed by atoms with Gasteiger partial charge in [0.15, 0.2) is 0 Å². The van der Waals surface area contributed by atoms with Gasteiger partial charge in [0.1, 0.15) is 0 Å². The first-order valence-electron chi connectivity index (χ1n) is 8.21. The van der Waals surface area contributed by atoms with Crippen LogP contribution in [0.5, 0.6) is 0 Å². The van der Waals surface area contributed by atoms with Crippen molar-refractivity contribution in [1.82, 2.24) is 9.88 Å². The molecule has 23 heavy (non-hydrogen) atoms. The lowest BCUT2D eigenvalue weighted by Gasteiger charge is -2.05. The van der Waals surface area contributed by atoms with E-state index in [1.807, 2.05) is 42.6 Å². The van der Waals surface area contributed by atoms with Crippen molar-refractivity contribution in [1.29, 1.82) is 0 Å². The third kappa shape index (κ3) is 3.00. The average Bonchev–Trinajstić information content (AvgIpc) is 3.36. The van der Waals surface area contributed by atoms with Gasteiger partial charge in [-0.15, -0.1) is 0 Å². The lowest BCUT2D eigenvalue weighted by atomic mass is 10.1. The fourth-order valence-corrected chi connectivity index (χ4v) is 2.99. The molecule has 1 fully saturated rings. The van der Waals surface area contributed by atoms with Gasteiger partial charge in [-0.2, -0.15) is 0 Å². The predicted molar refractivity (Wildman–Crippen MR) is 92.5 cm³/mol. The fraction of sp³-hybridized carbons (Fsp3) is 0.250. The number of hydrogen-bond acceptors (Lipinski definition) is 1. The Bertz CT molecular complexity index is 831. The molecule has 0 atom stereocenters. The van der Waals surface area contributed by atoms with Gasteiger partial charge in [-0.25, -0.2) is 0 Å². The number of amides is 1. The molecule has 1 aliphatic rings. The molecular formula is C20H20N2O. The molecule has 1 saturated carbocycles. The average molecular weight is 304 g/mol. The van der Waals surface area contributed by atoms with E-state index in [-0.39, 0.29) is 5.91 Å². The van der Waals surface area contributed by atoms with Gasteiger partial charge in [0, 0.05) is 30.2 Å². The van der Waals surface area contributed by atoms with E-state index in [4.69, 9.17) is 0 Å². The van der Waals surface area contributed by atoms with Gasteiger partial charge in [0.05, 0.1) is 5.56 Å². The summed E-state index contributed by atoms with van der Waals surface area (Å²) in [5, 5.41) is 4.10. The molecule has 3 aromatic rings. The van der Waals surface area contributed by atoms with E-state index >= 15 is 0 Å². The van der Waals surface area contributed by atoms with Gasteiger partial charge in [0.2, 0.25) is 0 Å². The van der Waals surface area contributed by atoms with Crippen LogP contribution in [0.4, 0.5) is 0 Å². The molecule has 2 aromatic carbocycles. The monoisotopic (exact) mass is 304 g/mol.